The second-order valence-corrected chi connectivity index (χ2v) is 6.78. The third-order valence-corrected chi connectivity index (χ3v) is 3.56. The van der Waals surface area contributed by atoms with Gasteiger partial charge >= 0.3 is 6.09 Å². The number of alkyl carbamates (subject to hydrolysis) is 1. The topological polar surface area (TPSA) is 41.6 Å². The zero-order valence-corrected chi connectivity index (χ0v) is 13.5. The van der Waals surface area contributed by atoms with Gasteiger partial charge in [0, 0.05) is 19.6 Å². The standard InChI is InChI=1S/C17H25FN2O2/c1-17(2,3)22-16(21)19-15-12-20(10-9-14(15)18)11-13-7-5-4-6-8-13/h4-8,14-15H,9-12H2,1-3H3,(H,19,21)/t14-,15-/m0/s1. The largest absolute Gasteiger partial charge is 0.444 e. The van der Waals surface area contributed by atoms with Gasteiger partial charge in [0.1, 0.15) is 11.8 Å². The van der Waals surface area contributed by atoms with Gasteiger partial charge in [0.05, 0.1) is 6.04 Å². The van der Waals surface area contributed by atoms with Crippen molar-refractivity contribution in [1.82, 2.24) is 10.2 Å². The van der Waals surface area contributed by atoms with Crippen LogP contribution in [0.2, 0.25) is 0 Å². The summed E-state index contributed by atoms with van der Waals surface area (Å²) < 4.78 is 19.3. The van der Waals surface area contributed by atoms with Crippen molar-refractivity contribution < 1.29 is 13.9 Å². The summed E-state index contributed by atoms with van der Waals surface area (Å²) in [5.41, 5.74) is 0.615. The van der Waals surface area contributed by atoms with Crippen LogP contribution in [0.4, 0.5) is 9.18 Å². The summed E-state index contributed by atoms with van der Waals surface area (Å²) in [5.74, 6) is 0. The van der Waals surface area contributed by atoms with Crippen molar-refractivity contribution in [3.63, 3.8) is 0 Å². The van der Waals surface area contributed by atoms with Gasteiger partial charge in [-0.3, -0.25) is 4.90 Å². The number of amides is 1. The Labute approximate surface area is 131 Å². The number of hydrogen-bond donors (Lipinski definition) is 1. The van der Waals surface area contributed by atoms with Crippen molar-refractivity contribution in [2.24, 2.45) is 0 Å². The van der Waals surface area contributed by atoms with E-state index in [-0.39, 0.29) is 0 Å². The average Bonchev–Trinajstić information content (AvgIpc) is 2.41. The van der Waals surface area contributed by atoms with Crippen LogP contribution in [0, 0.1) is 0 Å². The predicted molar refractivity (Wildman–Crippen MR) is 84.4 cm³/mol. The van der Waals surface area contributed by atoms with Crippen LogP contribution < -0.4 is 5.32 Å². The monoisotopic (exact) mass is 308 g/mol. The van der Waals surface area contributed by atoms with Crippen LogP contribution >= 0.6 is 0 Å². The van der Waals surface area contributed by atoms with Crippen molar-refractivity contribution in [3.8, 4) is 0 Å². The molecule has 1 fully saturated rings. The maximum absolute atomic E-state index is 14.1. The number of halogens is 1. The minimum Gasteiger partial charge on any atom is -0.444 e. The number of carbonyl (C=O) groups excluding carboxylic acids is 1. The predicted octanol–water partition coefficient (Wildman–Crippen LogP) is 3.12. The van der Waals surface area contributed by atoms with Crippen molar-refractivity contribution in [2.45, 2.75) is 51.6 Å². The second-order valence-electron chi connectivity index (χ2n) is 6.78. The quantitative estimate of drug-likeness (QED) is 0.933. The highest BCUT2D eigenvalue weighted by molar-refractivity contribution is 5.68. The third kappa shape index (κ3) is 5.30. The molecule has 2 atom stereocenters. The number of hydrogen-bond acceptors (Lipinski definition) is 3. The van der Waals surface area contributed by atoms with E-state index in [1.807, 2.05) is 18.2 Å². The van der Waals surface area contributed by atoms with Crippen molar-refractivity contribution in [2.75, 3.05) is 13.1 Å². The van der Waals surface area contributed by atoms with Gasteiger partial charge < -0.3 is 10.1 Å². The van der Waals surface area contributed by atoms with E-state index in [4.69, 9.17) is 4.74 Å². The number of piperidine rings is 1. The van der Waals surface area contributed by atoms with E-state index in [0.29, 0.717) is 19.5 Å². The van der Waals surface area contributed by atoms with Gasteiger partial charge in [-0.2, -0.15) is 0 Å². The maximum Gasteiger partial charge on any atom is 0.408 e. The first kappa shape index (κ1) is 16.7. The fraction of sp³-hybridized carbons (Fsp3) is 0.588. The molecule has 1 aromatic carbocycles. The lowest BCUT2D eigenvalue weighted by Crippen LogP contribution is -2.54. The van der Waals surface area contributed by atoms with Crippen molar-refractivity contribution in [1.29, 1.82) is 0 Å². The molecule has 1 aliphatic rings. The summed E-state index contributed by atoms with van der Waals surface area (Å²) >= 11 is 0. The van der Waals surface area contributed by atoms with Crippen molar-refractivity contribution in [3.05, 3.63) is 35.9 Å². The highest BCUT2D eigenvalue weighted by atomic mass is 19.1. The molecule has 0 spiro atoms. The van der Waals surface area contributed by atoms with E-state index in [2.05, 4.69) is 22.3 Å². The van der Waals surface area contributed by atoms with Crippen LogP contribution in [-0.2, 0) is 11.3 Å². The van der Waals surface area contributed by atoms with Crippen LogP contribution in [0.1, 0.15) is 32.8 Å². The Balaban J connectivity index is 1.89. The zero-order chi connectivity index (χ0) is 16.2. The number of likely N-dealkylation sites (tertiary alicyclic amines) is 1. The summed E-state index contributed by atoms with van der Waals surface area (Å²) in [6, 6.07) is 9.55. The average molecular weight is 308 g/mol. The van der Waals surface area contributed by atoms with E-state index < -0.39 is 23.9 Å². The van der Waals surface area contributed by atoms with Gasteiger partial charge in [-0.05, 0) is 32.8 Å². The number of alkyl halides is 1. The van der Waals surface area contributed by atoms with Crippen LogP contribution in [0.5, 0.6) is 0 Å². The van der Waals surface area contributed by atoms with Crippen LogP contribution in [0.25, 0.3) is 0 Å². The Hall–Kier alpha value is -1.62. The van der Waals surface area contributed by atoms with E-state index in [0.717, 1.165) is 6.54 Å². The molecule has 22 heavy (non-hydrogen) atoms. The first-order valence-electron chi connectivity index (χ1n) is 7.73. The lowest BCUT2D eigenvalue weighted by Gasteiger charge is -2.35. The maximum atomic E-state index is 14.1. The molecule has 1 aromatic rings. The number of nitrogens with zero attached hydrogens (tertiary/aromatic N) is 1. The summed E-state index contributed by atoms with van der Waals surface area (Å²) in [6.07, 6.45) is -1.16. The number of carbonyl (C=O) groups is 1. The first-order chi connectivity index (χ1) is 10.3. The molecule has 0 aliphatic carbocycles. The fourth-order valence-electron chi connectivity index (χ4n) is 2.57. The SMILES string of the molecule is CC(C)(C)OC(=O)N[C@H]1CN(Cc2ccccc2)CC[C@@H]1F. The Bertz CT molecular complexity index is 487. The molecule has 0 radical (unpaired) electrons. The molecule has 5 heteroatoms. The fourth-order valence-corrected chi connectivity index (χ4v) is 2.57. The van der Waals surface area contributed by atoms with Gasteiger partial charge in [-0.1, -0.05) is 30.3 Å². The molecule has 1 amide bonds. The first-order valence-corrected chi connectivity index (χ1v) is 7.73. The van der Waals surface area contributed by atoms with Crippen LogP contribution in [-0.4, -0.2) is 41.9 Å². The molecular weight excluding hydrogens is 283 g/mol. The summed E-state index contributed by atoms with van der Waals surface area (Å²) in [5, 5.41) is 2.66. The highest BCUT2D eigenvalue weighted by Crippen LogP contribution is 2.17. The molecule has 122 valence electrons. The van der Waals surface area contributed by atoms with Gasteiger partial charge in [0.25, 0.3) is 0 Å². The summed E-state index contributed by atoms with van der Waals surface area (Å²) in [6.45, 7) is 7.34. The van der Waals surface area contributed by atoms with Gasteiger partial charge in [-0.15, -0.1) is 0 Å². The van der Waals surface area contributed by atoms with E-state index in [1.165, 1.54) is 5.56 Å². The molecular formula is C17H25FN2O2. The summed E-state index contributed by atoms with van der Waals surface area (Å²) in [4.78, 5) is 14.0. The van der Waals surface area contributed by atoms with E-state index in [1.54, 1.807) is 20.8 Å². The molecule has 0 aromatic heterocycles. The molecule has 0 saturated carbocycles. The van der Waals surface area contributed by atoms with Crippen LogP contribution in [0.15, 0.2) is 30.3 Å². The highest BCUT2D eigenvalue weighted by Gasteiger charge is 2.31. The Morgan fingerprint density at radius 1 is 1.36 bits per heavy atom. The van der Waals surface area contributed by atoms with E-state index in [9.17, 15) is 9.18 Å². The number of benzene rings is 1. The molecule has 2 rings (SSSR count). The Morgan fingerprint density at radius 3 is 2.68 bits per heavy atom. The van der Waals surface area contributed by atoms with Gasteiger partial charge in [0.2, 0.25) is 0 Å². The van der Waals surface area contributed by atoms with E-state index >= 15 is 0 Å². The number of rotatable bonds is 3. The number of ether oxygens (including phenoxy) is 1. The summed E-state index contributed by atoms with van der Waals surface area (Å²) in [7, 11) is 0. The Morgan fingerprint density at radius 2 is 2.05 bits per heavy atom. The molecule has 1 heterocycles. The third-order valence-electron chi connectivity index (χ3n) is 3.56. The van der Waals surface area contributed by atoms with Gasteiger partial charge in [0.15, 0.2) is 0 Å². The lowest BCUT2D eigenvalue weighted by molar-refractivity contribution is 0.0389. The molecule has 4 nitrogen and oxygen atoms in total. The lowest BCUT2D eigenvalue weighted by atomic mass is 10.0. The molecule has 0 bridgehead atoms. The minimum absolute atomic E-state index is 0.424. The molecule has 1 saturated heterocycles. The van der Waals surface area contributed by atoms with Crippen molar-refractivity contribution >= 4 is 6.09 Å². The van der Waals surface area contributed by atoms with Crippen LogP contribution in [0.3, 0.4) is 0 Å². The molecule has 1 N–H and O–H groups in total. The molecule has 0 unspecified atom stereocenters. The molecule has 1 aliphatic heterocycles. The zero-order valence-electron chi connectivity index (χ0n) is 13.5. The number of nitrogens with one attached hydrogen (secondary N) is 1. The normalized spacial score (nSPS) is 23.1. The van der Waals surface area contributed by atoms with Gasteiger partial charge in [-0.25, -0.2) is 9.18 Å². The smallest absolute Gasteiger partial charge is 0.408 e. The second kappa shape index (κ2) is 7.09. The minimum atomic E-state index is -1.03. The Kier molecular flexibility index (Phi) is 5.40.